The van der Waals surface area contributed by atoms with Crippen molar-refractivity contribution >= 4 is 38.5 Å². The fourth-order valence-corrected chi connectivity index (χ4v) is 4.26. The van der Waals surface area contributed by atoms with E-state index < -0.39 is 0 Å². The smallest absolute Gasteiger partial charge is 0.224 e. The first kappa shape index (κ1) is 21.2. The number of hydrogen-bond acceptors (Lipinski definition) is 7. The number of anilines is 3. The summed E-state index contributed by atoms with van der Waals surface area (Å²) in [6.07, 6.45) is 3.36. The van der Waals surface area contributed by atoms with Crippen molar-refractivity contribution in [1.82, 2.24) is 15.0 Å². The van der Waals surface area contributed by atoms with Gasteiger partial charge in [0.2, 0.25) is 5.95 Å². The molecule has 0 radical (unpaired) electrons. The largest absolute Gasteiger partial charge is 0.396 e. The molecule has 2 aromatic heterocycles. The van der Waals surface area contributed by atoms with Crippen LogP contribution in [0.4, 0.5) is 16.9 Å². The number of hydrogen-bond donors (Lipinski definition) is 3. The van der Waals surface area contributed by atoms with Crippen LogP contribution < -0.4 is 10.6 Å². The zero-order valence-electron chi connectivity index (χ0n) is 17.6. The van der Waals surface area contributed by atoms with E-state index in [9.17, 15) is 0 Å². The number of benzene rings is 2. The summed E-state index contributed by atoms with van der Waals surface area (Å²) >= 11 is 1.63. The maximum absolute atomic E-state index is 9.00. The van der Waals surface area contributed by atoms with Crippen LogP contribution in [-0.4, -0.2) is 33.2 Å². The van der Waals surface area contributed by atoms with E-state index >= 15 is 0 Å². The van der Waals surface area contributed by atoms with Crippen LogP contribution in [0.2, 0.25) is 0 Å². The molecule has 160 valence electrons. The summed E-state index contributed by atoms with van der Waals surface area (Å²) in [4.78, 5) is 14.0. The van der Waals surface area contributed by atoms with Crippen molar-refractivity contribution < 1.29 is 5.11 Å². The first-order valence-electron chi connectivity index (χ1n) is 10.7. The van der Waals surface area contributed by atoms with E-state index in [4.69, 9.17) is 15.1 Å². The molecule has 3 N–H and O–H groups in total. The molecule has 4 rings (SSSR count). The maximum Gasteiger partial charge on any atom is 0.224 e. The monoisotopic (exact) mass is 433 g/mol. The molecule has 0 unspecified atom stereocenters. The van der Waals surface area contributed by atoms with Gasteiger partial charge in [-0.3, -0.25) is 0 Å². The molecule has 6 nitrogen and oxygen atoms in total. The number of nitrogens with zero attached hydrogens (tertiary/aromatic N) is 3. The normalized spacial score (nSPS) is 11.0. The van der Waals surface area contributed by atoms with Gasteiger partial charge in [0.1, 0.15) is 5.82 Å². The SMILES string of the molecule is CCc1ccc2nc(Nc3cc(Cc4ccccc4)nc(NCCCCO)n3)sc2c1. The predicted molar refractivity (Wildman–Crippen MR) is 128 cm³/mol. The highest BCUT2D eigenvalue weighted by atomic mass is 32.1. The van der Waals surface area contributed by atoms with Gasteiger partial charge in [0.05, 0.1) is 15.9 Å². The molecule has 2 heterocycles. The third-order valence-electron chi connectivity index (χ3n) is 4.97. The van der Waals surface area contributed by atoms with Crippen molar-refractivity contribution in [3.63, 3.8) is 0 Å². The highest BCUT2D eigenvalue weighted by Crippen LogP contribution is 2.29. The highest BCUT2D eigenvalue weighted by molar-refractivity contribution is 7.22. The van der Waals surface area contributed by atoms with Gasteiger partial charge in [-0.1, -0.05) is 54.7 Å². The molecule has 0 saturated heterocycles. The Morgan fingerprint density at radius 3 is 2.61 bits per heavy atom. The molecule has 0 aliphatic carbocycles. The summed E-state index contributed by atoms with van der Waals surface area (Å²) in [5, 5.41) is 16.5. The Bertz CT molecular complexity index is 1130. The summed E-state index contributed by atoms with van der Waals surface area (Å²) in [6, 6.07) is 18.7. The van der Waals surface area contributed by atoms with E-state index in [1.54, 1.807) is 11.3 Å². The van der Waals surface area contributed by atoms with E-state index in [-0.39, 0.29) is 6.61 Å². The molecule has 0 aliphatic rings. The Balaban J connectivity index is 1.57. The van der Waals surface area contributed by atoms with Gasteiger partial charge >= 0.3 is 0 Å². The van der Waals surface area contributed by atoms with E-state index in [0.717, 1.165) is 54.4 Å². The van der Waals surface area contributed by atoms with Crippen LogP contribution in [0.5, 0.6) is 0 Å². The summed E-state index contributed by atoms with van der Waals surface area (Å²) in [7, 11) is 0. The Kier molecular flexibility index (Phi) is 7.07. The van der Waals surface area contributed by atoms with Gasteiger partial charge in [0.15, 0.2) is 5.13 Å². The minimum absolute atomic E-state index is 0.195. The molecule has 0 fully saturated rings. The van der Waals surface area contributed by atoms with Crippen molar-refractivity contribution in [3.05, 3.63) is 71.4 Å². The van der Waals surface area contributed by atoms with Crippen LogP contribution in [0.15, 0.2) is 54.6 Å². The number of thiazole rings is 1. The number of nitrogens with one attached hydrogen (secondary N) is 2. The van der Waals surface area contributed by atoms with Crippen molar-refractivity contribution in [2.75, 3.05) is 23.8 Å². The van der Waals surface area contributed by atoms with Gasteiger partial charge in [-0.05, 0) is 42.5 Å². The first-order valence-corrected chi connectivity index (χ1v) is 11.5. The molecule has 0 spiro atoms. The Hall–Kier alpha value is -3.03. The lowest BCUT2D eigenvalue weighted by Gasteiger charge is -2.10. The molecule has 0 atom stereocenters. The van der Waals surface area contributed by atoms with Crippen molar-refractivity contribution in [2.24, 2.45) is 0 Å². The maximum atomic E-state index is 9.00. The number of unbranched alkanes of at least 4 members (excludes halogenated alkanes) is 1. The fraction of sp³-hybridized carbons (Fsp3) is 0.292. The summed E-state index contributed by atoms with van der Waals surface area (Å²) in [6.45, 7) is 3.07. The number of aryl methyl sites for hydroxylation is 1. The molecule has 0 bridgehead atoms. The Morgan fingerprint density at radius 1 is 0.935 bits per heavy atom. The number of rotatable bonds is 10. The standard InChI is InChI=1S/C24H27N5OS/c1-2-17-10-11-20-21(15-17)31-24(27-20)29-22-16-19(14-18-8-4-3-5-9-18)26-23(28-22)25-12-6-7-13-30/h3-5,8-11,15-16,30H,2,6-7,12-14H2,1H3,(H2,25,26,27,28,29). The summed E-state index contributed by atoms with van der Waals surface area (Å²) in [5.74, 6) is 1.31. The quantitative estimate of drug-likeness (QED) is 0.299. The van der Waals surface area contributed by atoms with Gasteiger partial charge in [0, 0.05) is 25.6 Å². The number of aliphatic hydroxyl groups excluding tert-OH is 1. The van der Waals surface area contributed by atoms with Crippen LogP contribution >= 0.6 is 11.3 Å². The highest BCUT2D eigenvalue weighted by Gasteiger charge is 2.09. The average molecular weight is 434 g/mol. The Labute approximate surface area is 186 Å². The minimum Gasteiger partial charge on any atom is -0.396 e. The van der Waals surface area contributed by atoms with Crippen LogP contribution in [-0.2, 0) is 12.8 Å². The van der Waals surface area contributed by atoms with Crippen LogP contribution in [0.1, 0.15) is 36.6 Å². The number of aromatic nitrogens is 3. The zero-order chi connectivity index (χ0) is 21.5. The summed E-state index contributed by atoms with van der Waals surface area (Å²) < 4.78 is 1.17. The van der Waals surface area contributed by atoms with Crippen molar-refractivity contribution in [1.29, 1.82) is 0 Å². The molecule has 31 heavy (non-hydrogen) atoms. The molecule has 4 aromatic rings. The molecule has 7 heteroatoms. The third-order valence-corrected chi connectivity index (χ3v) is 5.90. The zero-order valence-corrected chi connectivity index (χ0v) is 18.5. The predicted octanol–water partition coefficient (Wildman–Crippen LogP) is 5.17. The number of fused-ring (bicyclic) bond motifs is 1. The van der Waals surface area contributed by atoms with Crippen LogP contribution in [0, 0.1) is 0 Å². The van der Waals surface area contributed by atoms with Gasteiger partial charge in [-0.25, -0.2) is 9.97 Å². The average Bonchev–Trinajstić information content (AvgIpc) is 3.18. The van der Waals surface area contributed by atoms with E-state index in [0.29, 0.717) is 5.95 Å². The van der Waals surface area contributed by atoms with Gasteiger partial charge in [-0.15, -0.1) is 0 Å². The minimum atomic E-state index is 0.195. The second-order valence-electron chi connectivity index (χ2n) is 7.39. The molecule has 0 aliphatic heterocycles. The van der Waals surface area contributed by atoms with Gasteiger partial charge < -0.3 is 15.7 Å². The lowest BCUT2D eigenvalue weighted by atomic mass is 10.1. The van der Waals surface area contributed by atoms with E-state index in [1.165, 1.54) is 15.8 Å². The lowest BCUT2D eigenvalue weighted by Crippen LogP contribution is -2.09. The van der Waals surface area contributed by atoms with Crippen molar-refractivity contribution in [2.45, 2.75) is 32.6 Å². The Morgan fingerprint density at radius 2 is 1.81 bits per heavy atom. The van der Waals surface area contributed by atoms with E-state index in [1.807, 2.05) is 24.3 Å². The van der Waals surface area contributed by atoms with Gasteiger partial charge in [0.25, 0.3) is 0 Å². The topological polar surface area (TPSA) is 83.0 Å². The van der Waals surface area contributed by atoms with Crippen molar-refractivity contribution in [3.8, 4) is 0 Å². The molecular formula is C24H27N5OS. The molecule has 0 amide bonds. The molecule has 0 saturated carbocycles. The van der Waals surface area contributed by atoms with E-state index in [2.05, 4.69) is 52.9 Å². The third kappa shape index (κ3) is 5.77. The fourth-order valence-electron chi connectivity index (χ4n) is 3.33. The van der Waals surface area contributed by atoms with Crippen LogP contribution in [0.25, 0.3) is 10.2 Å². The first-order chi connectivity index (χ1) is 15.2. The number of aliphatic hydroxyl groups is 1. The molecular weight excluding hydrogens is 406 g/mol. The lowest BCUT2D eigenvalue weighted by molar-refractivity contribution is 0.286. The second-order valence-corrected chi connectivity index (χ2v) is 8.42. The summed E-state index contributed by atoms with van der Waals surface area (Å²) in [5.41, 5.74) is 4.43. The van der Waals surface area contributed by atoms with Crippen LogP contribution in [0.3, 0.4) is 0 Å². The molecule has 2 aromatic carbocycles. The second kappa shape index (κ2) is 10.3. The van der Waals surface area contributed by atoms with Gasteiger partial charge in [-0.2, -0.15) is 4.98 Å².